The van der Waals surface area contributed by atoms with Gasteiger partial charge < -0.3 is 5.32 Å². The molecule has 2 aromatic heterocycles. The highest BCUT2D eigenvalue weighted by molar-refractivity contribution is 9.10. The van der Waals surface area contributed by atoms with Crippen molar-refractivity contribution in [2.24, 2.45) is 0 Å². The smallest absolute Gasteiger partial charge is 0.154 e. The first-order chi connectivity index (χ1) is 6.83. The highest BCUT2D eigenvalue weighted by atomic mass is 79.9. The summed E-state index contributed by atoms with van der Waals surface area (Å²) in [5.74, 6) is 0.642. The van der Waals surface area contributed by atoms with E-state index in [1.165, 1.54) is 6.33 Å². The van der Waals surface area contributed by atoms with Gasteiger partial charge in [-0.15, -0.1) is 0 Å². The van der Waals surface area contributed by atoms with Gasteiger partial charge in [-0.1, -0.05) is 0 Å². The minimum absolute atomic E-state index is 0.259. The molecule has 74 valence electrons. The average molecular weight is 259 g/mol. The number of aromatic nitrogens is 3. The van der Waals surface area contributed by atoms with Gasteiger partial charge in [-0.05, 0) is 28.1 Å². The summed E-state index contributed by atoms with van der Waals surface area (Å²) in [6, 6.07) is 3.73. The average Bonchev–Trinajstić information content (AvgIpc) is 2.58. The second-order valence-corrected chi connectivity index (χ2v) is 3.49. The highest BCUT2D eigenvalue weighted by Gasteiger charge is 2.04. The summed E-state index contributed by atoms with van der Waals surface area (Å²) in [5.41, 5.74) is 0.827. The Bertz CT molecular complexity index is 442. The summed E-state index contributed by atoms with van der Waals surface area (Å²) in [4.78, 5) is 4.03. The number of anilines is 1. The molecule has 4 nitrogen and oxygen atoms in total. The quantitative estimate of drug-likeness (QED) is 0.914. The molecule has 0 spiro atoms. The fraction of sp³-hybridized carbons (Fsp3) is 0.250. The molecule has 0 amide bonds. The molecular formula is C8H8BrFN4. The van der Waals surface area contributed by atoms with Crippen molar-refractivity contribution >= 4 is 27.3 Å². The van der Waals surface area contributed by atoms with Gasteiger partial charge in [0.2, 0.25) is 0 Å². The molecule has 0 aromatic carbocycles. The Morgan fingerprint density at radius 1 is 1.50 bits per heavy atom. The van der Waals surface area contributed by atoms with Crippen LogP contribution in [0.25, 0.3) is 5.52 Å². The zero-order valence-corrected chi connectivity index (χ0v) is 8.83. The van der Waals surface area contributed by atoms with Crippen LogP contribution in [0.1, 0.15) is 0 Å². The van der Waals surface area contributed by atoms with Gasteiger partial charge in [0, 0.05) is 6.54 Å². The molecule has 0 fully saturated rings. The van der Waals surface area contributed by atoms with E-state index in [1.807, 2.05) is 12.1 Å². The van der Waals surface area contributed by atoms with Gasteiger partial charge in [-0.3, -0.25) is 0 Å². The van der Waals surface area contributed by atoms with Crippen molar-refractivity contribution in [3.05, 3.63) is 23.1 Å². The molecule has 0 saturated heterocycles. The van der Waals surface area contributed by atoms with Crippen LogP contribution in [-0.2, 0) is 0 Å². The summed E-state index contributed by atoms with van der Waals surface area (Å²) in [6.07, 6.45) is 1.43. The van der Waals surface area contributed by atoms with Crippen LogP contribution in [0.15, 0.2) is 23.1 Å². The fourth-order valence-electron chi connectivity index (χ4n) is 1.20. The maximum Gasteiger partial charge on any atom is 0.154 e. The van der Waals surface area contributed by atoms with E-state index in [0.29, 0.717) is 5.82 Å². The molecule has 2 rings (SSSR count). The molecule has 2 heterocycles. The van der Waals surface area contributed by atoms with Gasteiger partial charge in [-0.25, -0.2) is 13.9 Å². The summed E-state index contributed by atoms with van der Waals surface area (Å²) >= 11 is 3.34. The van der Waals surface area contributed by atoms with Crippen LogP contribution in [0.2, 0.25) is 0 Å². The van der Waals surface area contributed by atoms with E-state index in [9.17, 15) is 4.39 Å². The second kappa shape index (κ2) is 3.91. The number of nitrogens with one attached hydrogen (secondary N) is 1. The van der Waals surface area contributed by atoms with E-state index in [0.717, 1.165) is 10.1 Å². The normalized spacial score (nSPS) is 10.7. The molecular weight excluding hydrogens is 251 g/mol. The Morgan fingerprint density at radius 2 is 2.36 bits per heavy atom. The third-order valence-corrected chi connectivity index (χ3v) is 2.39. The van der Waals surface area contributed by atoms with E-state index < -0.39 is 6.67 Å². The number of alkyl halides is 1. The Labute approximate surface area is 88.3 Å². The van der Waals surface area contributed by atoms with Crippen LogP contribution in [0.4, 0.5) is 10.2 Å². The molecule has 1 N–H and O–H groups in total. The minimum Gasteiger partial charge on any atom is -0.366 e. The van der Waals surface area contributed by atoms with Crippen molar-refractivity contribution in [1.82, 2.24) is 14.6 Å². The molecule has 0 aliphatic carbocycles. The van der Waals surface area contributed by atoms with Crippen LogP contribution in [0, 0.1) is 0 Å². The fourth-order valence-corrected chi connectivity index (χ4v) is 1.62. The van der Waals surface area contributed by atoms with Gasteiger partial charge in [0.15, 0.2) is 5.82 Å². The summed E-state index contributed by atoms with van der Waals surface area (Å²) in [7, 11) is 0. The second-order valence-electron chi connectivity index (χ2n) is 2.68. The molecule has 0 bridgehead atoms. The van der Waals surface area contributed by atoms with E-state index in [1.54, 1.807) is 4.52 Å². The van der Waals surface area contributed by atoms with Crippen LogP contribution in [-0.4, -0.2) is 27.8 Å². The molecule has 0 unspecified atom stereocenters. The van der Waals surface area contributed by atoms with Gasteiger partial charge in [-0.2, -0.15) is 5.10 Å². The van der Waals surface area contributed by atoms with Crippen molar-refractivity contribution in [1.29, 1.82) is 0 Å². The van der Waals surface area contributed by atoms with Crippen molar-refractivity contribution in [3.63, 3.8) is 0 Å². The first-order valence-electron chi connectivity index (χ1n) is 4.11. The predicted molar refractivity (Wildman–Crippen MR) is 55.2 cm³/mol. The predicted octanol–water partition coefficient (Wildman–Crippen LogP) is 1.87. The molecule has 2 aromatic rings. The first-order valence-corrected chi connectivity index (χ1v) is 4.90. The van der Waals surface area contributed by atoms with E-state index >= 15 is 0 Å². The van der Waals surface area contributed by atoms with Gasteiger partial charge in [0.25, 0.3) is 0 Å². The lowest BCUT2D eigenvalue weighted by atomic mass is 10.5. The van der Waals surface area contributed by atoms with E-state index in [-0.39, 0.29) is 6.54 Å². The molecule has 6 heteroatoms. The van der Waals surface area contributed by atoms with Gasteiger partial charge in [0.05, 0.1) is 0 Å². The zero-order chi connectivity index (χ0) is 9.97. The van der Waals surface area contributed by atoms with E-state index in [2.05, 4.69) is 31.3 Å². The lowest BCUT2D eigenvalue weighted by Gasteiger charge is -2.04. The van der Waals surface area contributed by atoms with Gasteiger partial charge >= 0.3 is 0 Å². The molecule has 14 heavy (non-hydrogen) atoms. The third kappa shape index (κ3) is 1.57. The number of hydrogen-bond donors (Lipinski definition) is 1. The number of halogens is 2. The Kier molecular flexibility index (Phi) is 2.62. The zero-order valence-electron chi connectivity index (χ0n) is 7.24. The molecule has 0 atom stereocenters. The van der Waals surface area contributed by atoms with Crippen molar-refractivity contribution in [3.8, 4) is 0 Å². The van der Waals surface area contributed by atoms with Crippen molar-refractivity contribution in [2.45, 2.75) is 0 Å². The lowest BCUT2D eigenvalue weighted by molar-refractivity contribution is 0.512. The summed E-state index contributed by atoms with van der Waals surface area (Å²) < 4.78 is 14.5. The lowest BCUT2D eigenvalue weighted by Crippen LogP contribution is -2.07. The van der Waals surface area contributed by atoms with E-state index in [4.69, 9.17) is 0 Å². The van der Waals surface area contributed by atoms with Crippen LogP contribution >= 0.6 is 15.9 Å². The maximum atomic E-state index is 12.0. The SMILES string of the molecule is FCCNc1ncnn2c(Br)ccc12. The molecule has 0 radical (unpaired) electrons. The molecule has 0 aliphatic heterocycles. The molecule has 0 saturated carbocycles. The largest absolute Gasteiger partial charge is 0.366 e. The standard InChI is InChI=1S/C8H8BrFN4/c9-7-2-1-6-8(11-4-3-10)12-5-13-14(6)7/h1-2,5H,3-4H2,(H,11,12,13). The number of rotatable bonds is 3. The van der Waals surface area contributed by atoms with Crippen molar-refractivity contribution < 1.29 is 4.39 Å². The third-order valence-electron chi connectivity index (χ3n) is 1.79. The summed E-state index contributed by atoms with van der Waals surface area (Å²) in [6.45, 7) is -0.159. The number of fused-ring (bicyclic) bond motifs is 1. The number of nitrogens with zero attached hydrogens (tertiary/aromatic N) is 3. The summed E-state index contributed by atoms with van der Waals surface area (Å²) in [5, 5.41) is 6.92. The Morgan fingerprint density at radius 3 is 3.14 bits per heavy atom. The topological polar surface area (TPSA) is 42.2 Å². The molecule has 0 aliphatic rings. The Balaban J connectivity index is 2.44. The first kappa shape index (κ1) is 9.39. The van der Waals surface area contributed by atoms with Gasteiger partial charge in [0.1, 0.15) is 23.1 Å². The highest BCUT2D eigenvalue weighted by Crippen LogP contribution is 2.18. The van der Waals surface area contributed by atoms with Crippen LogP contribution in [0.5, 0.6) is 0 Å². The maximum absolute atomic E-state index is 12.0. The number of hydrogen-bond acceptors (Lipinski definition) is 3. The monoisotopic (exact) mass is 258 g/mol. The van der Waals surface area contributed by atoms with Crippen molar-refractivity contribution in [2.75, 3.05) is 18.5 Å². The van der Waals surface area contributed by atoms with Crippen LogP contribution in [0.3, 0.4) is 0 Å². The minimum atomic E-state index is -0.419. The Hall–Kier alpha value is -1.17. The van der Waals surface area contributed by atoms with Crippen LogP contribution < -0.4 is 5.32 Å².